The molecule has 4 N–H and O–H groups in total. The van der Waals surface area contributed by atoms with Gasteiger partial charge in [0.2, 0.25) is 5.88 Å². The van der Waals surface area contributed by atoms with Crippen molar-refractivity contribution in [2.75, 3.05) is 106 Å². The highest BCUT2D eigenvalue weighted by molar-refractivity contribution is 7.90. The van der Waals surface area contributed by atoms with Crippen molar-refractivity contribution in [3.05, 3.63) is 118 Å². The number of aromatic amines is 1. The van der Waals surface area contributed by atoms with E-state index in [0.717, 1.165) is 125 Å². The summed E-state index contributed by atoms with van der Waals surface area (Å²) in [7, 11) is -3.01. The number of rotatable bonds is 14. The molecule has 1 spiro atoms. The van der Waals surface area contributed by atoms with E-state index in [0.29, 0.717) is 80.4 Å². The summed E-state index contributed by atoms with van der Waals surface area (Å²) in [5.74, 6) is 1.42. The van der Waals surface area contributed by atoms with Gasteiger partial charge >= 0.3 is 0 Å². The van der Waals surface area contributed by atoms with Gasteiger partial charge in [-0.3, -0.25) is 24.7 Å². The number of benzene rings is 3. The number of aryl methyl sites for hydroxylation is 1. The smallest absolute Gasteiger partial charge is 0.297 e. The molecular weight excluding hydrogens is 1140 g/mol. The number of methoxy groups -OCH3 is 1. The predicted molar refractivity (Wildman–Crippen MR) is 333 cm³/mol. The van der Waals surface area contributed by atoms with Crippen molar-refractivity contribution in [1.82, 2.24) is 29.5 Å². The van der Waals surface area contributed by atoms with Crippen molar-refractivity contribution in [3.8, 4) is 17.4 Å². The van der Waals surface area contributed by atoms with Crippen LogP contribution in [0.15, 0.2) is 90.1 Å². The Hall–Kier alpha value is -7.28. The van der Waals surface area contributed by atoms with Gasteiger partial charge in [0.05, 0.1) is 65.7 Å². The van der Waals surface area contributed by atoms with Crippen LogP contribution in [0.25, 0.3) is 11.0 Å². The lowest BCUT2D eigenvalue weighted by Gasteiger charge is -2.58. The molecule has 8 aliphatic rings. The highest BCUT2D eigenvalue weighted by Gasteiger charge is 2.51. The second kappa shape index (κ2) is 23.6. The van der Waals surface area contributed by atoms with Gasteiger partial charge in [0.1, 0.15) is 24.0 Å². The molecule has 6 aromatic rings. The molecule has 23 heteroatoms. The van der Waals surface area contributed by atoms with Gasteiger partial charge in [-0.05, 0) is 142 Å². The second-order valence-corrected chi connectivity index (χ2v) is 27.8. The number of carbonyl (C=O) groups excluding carboxylic acids is 1. The molecule has 3 aromatic carbocycles. The normalized spacial score (nSPS) is 25.8. The number of nitrogens with one attached hydrogen (secondary N) is 3. The minimum Gasteiger partial charge on any atom is -0.493 e. The standard InChI is InChI=1S/C65H79N11O11S/c1-41-6-4-5-7-49(41)55-38-71(37-43-29-57(83-3)61(67-36-43)73-23-26-84-27-24-73)21-22-74(55)47-34-65(35-47)16-19-72(20-17-65)46-8-9-50(52(31-46)75-51-13-25-85-40-58(51)87-63-54(75)30-44-12-18-66-60(44)69-63)62(77)70-88(81,82)48-32-53(76(79)80)59-56(33-48)86-39-45(68-59)28-42-10-14-64(2,78)15-11-42/h4-9,12,18,29-33,36,42,45,47,51,55,58,68,78H,10-11,13-17,19-28,34-35,37-40H2,1-3H3,(H,66,69)(H,70,77)/t42?,45-,51-,55-,58-,64?/m0/s1. The van der Waals surface area contributed by atoms with E-state index in [9.17, 15) is 28.4 Å². The fourth-order valence-corrected chi connectivity index (χ4v) is 16.4. The number of hydrogen-bond acceptors (Lipinski definition) is 19. The predicted octanol–water partition coefficient (Wildman–Crippen LogP) is 8.64. The summed E-state index contributed by atoms with van der Waals surface area (Å²) in [6.07, 6.45) is 11.8. The number of fused-ring (bicyclic) bond motifs is 4. The van der Waals surface area contributed by atoms with Crippen LogP contribution in [0.2, 0.25) is 0 Å². The maximum absolute atomic E-state index is 15.0. The summed E-state index contributed by atoms with van der Waals surface area (Å²) in [5, 5.41) is 27.3. The zero-order chi connectivity index (χ0) is 60.5. The van der Waals surface area contributed by atoms with Crippen LogP contribution in [-0.2, 0) is 26.0 Å². The summed E-state index contributed by atoms with van der Waals surface area (Å²) in [4.78, 5) is 51.6. The maximum Gasteiger partial charge on any atom is 0.297 e. The Morgan fingerprint density at radius 2 is 1.72 bits per heavy atom. The number of anilines is 5. The Morgan fingerprint density at radius 1 is 0.909 bits per heavy atom. The van der Waals surface area contributed by atoms with Crippen molar-refractivity contribution >= 4 is 61.2 Å². The van der Waals surface area contributed by atoms with Crippen molar-refractivity contribution in [2.24, 2.45) is 11.3 Å². The van der Waals surface area contributed by atoms with Crippen LogP contribution in [-0.4, -0.2) is 165 Å². The summed E-state index contributed by atoms with van der Waals surface area (Å²) >= 11 is 0. The minimum absolute atomic E-state index is 0.0113. The Morgan fingerprint density at radius 3 is 2.50 bits per heavy atom. The number of carbonyl (C=O) groups is 1. The third kappa shape index (κ3) is 11.5. The lowest BCUT2D eigenvalue weighted by molar-refractivity contribution is -0.384. The molecule has 9 heterocycles. The van der Waals surface area contributed by atoms with Crippen LogP contribution >= 0.6 is 0 Å². The van der Waals surface area contributed by atoms with Gasteiger partial charge in [-0.2, -0.15) is 4.98 Å². The molecule has 0 bridgehead atoms. The number of amides is 1. The van der Waals surface area contributed by atoms with E-state index in [1.165, 1.54) is 17.2 Å². The molecule has 3 aromatic heterocycles. The summed E-state index contributed by atoms with van der Waals surface area (Å²) < 4.78 is 61.5. The third-order valence-corrected chi connectivity index (χ3v) is 21.7. The number of ether oxygens (including phenoxy) is 5. The molecule has 4 saturated heterocycles. The van der Waals surface area contributed by atoms with E-state index in [-0.39, 0.29) is 53.8 Å². The summed E-state index contributed by atoms with van der Waals surface area (Å²) in [6.45, 7) is 13.1. The second-order valence-electron chi connectivity index (χ2n) is 26.1. The number of piperazine rings is 1. The van der Waals surface area contributed by atoms with Gasteiger partial charge in [0, 0.05) is 107 Å². The van der Waals surface area contributed by atoms with E-state index < -0.39 is 43.1 Å². The van der Waals surface area contributed by atoms with Crippen LogP contribution in [0.4, 0.5) is 34.3 Å². The summed E-state index contributed by atoms with van der Waals surface area (Å²) in [6, 6.07) is 22.8. The van der Waals surface area contributed by atoms with Crippen LogP contribution in [0.5, 0.6) is 17.4 Å². The molecule has 22 nitrogen and oxygen atoms in total. The fraction of sp³-hybridized carbons (Fsp3) is 0.523. The number of pyridine rings is 2. The molecule has 6 fully saturated rings. The largest absolute Gasteiger partial charge is 0.493 e. The van der Waals surface area contributed by atoms with E-state index in [1.54, 1.807) is 13.2 Å². The number of aliphatic hydroxyl groups is 1. The molecule has 2 saturated carbocycles. The third-order valence-electron chi connectivity index (χ3n) is 20.3. The van der Waals surface area contributed by atoms with E-state index >= 15 is 0 Å². The Balaban J connectivity index is 0.705. The lowest BCUT2D eigenvalue weighted by atomic mass is 9.59. The first-order valence-corrected chi connectivity index (χ1v) is 32.9. The molecule has 4 atom stereocenters. The first-order chi connectivity index (χ1) is 42.6. The molecule has 0 radical (unpaired) electrons. The number of piperidine rings is 1. The van der Waals surface area contributed by atoms with Crippen LogP contribution < -0.4 is 38.9 Å². The zero-order valence-corrected chi connectivity index (χ0v) is 51.1. The SMILES string of the molecule is COc1cc(CN2CCN(C3CC4(CCN(c5ccc(C(=O)NS(=O)(=O)c6cc7c(c([N+](=O)[O-])c6)N[C@@H](CC6CCC(C)(O)CC6)CO7)c(N6c7cc8cc[nH]c8nc7O[C@H]7COCC[C@@H]76)c5)CC4)C3)[C@H](c3ccccc3C)C2)cnc1N1CCOCC1. The molecular formula is C65H79N11O11S. The van der Waals surface area contributed by atoms with Gasteiger partial charge in [-0.15, -0.1) is 0 Å². The molecule has 1 amide bonds. The number of nitro groups is 1. The lowest BCUT2D eigenvalue weighted by Crippen LogP contribution is -2.59. The van der Waals surface area contributed by atoms with Gasteiger partial charge < -0.3 is 53.8 Å². The number of sulfonamides is 1. The quantitative estimate of drug-likeness (QED) is 0.0589. The molecule has 2 aliphatic carbocycles. The summed E-state index contributed by atoms with van der Waals surface area (Å²) in [5.41, 5.74) is 5.65. The number of hydrogen-bond donors (Lipinski definition) is 4. The highest BCUT2D eigenvalue weighted by Crippen LogP contribution is 2.54. The number of H-pyrrole nitrogens is 1. The van der Waals surface area contributed by atoms with Crippen molar-refractivity contribution in [2.45, 2.75) is 125 Å². The van der Waals surface area contributed by atoms with E-state index in [2.05, 4.69) is 76.8 Å². The van der Waals surface area contributed by atoms with Gasteiger partial charge in [-0.25, -0.2) is 18.1 Å². The van der Waals surface area contributed by atoms with E-state index in [1.807, 2.05) is 43.6 Å². The number of nitro benzene ring substituents is 1. The molecule has 14 rings (SSSR count). The molecule has 0 unspecified atom stereocenters. The molecule has 466 valence electrons. The van der Waals surface area contributed by atoms with Crippen molar-refractivity contribution in [3.63, 3.8) is 0 Å². The Labute approximate surface area is 513 Å². The minimum atomic E-state index is -4.74. The number of morpholine rings is 1. The molecule has 6 aliphatic heterocycles. The topological polar surface area (TPSA) is 243 Å². The van der Waals surface area contributed by atoms with Crippen LogP contribution in [0.1, 0.15) is 104 Å². The van der Waals surface area contributed by atoms with Crippen molar-refractivity contribution < 1.29 is 46.9 Å². The monoisotopic (exact) mass is 1220 g/mol. The number of aromatic nitrogens is 3. The highest BCUT2D eigenvalue weighted by atomic mass is 32.2. The number of nitrogens with zero attached hydrogens (tertiary/aromatic N) is 8. The van der Waals surface area contributed by atoms with Crippen molar-refractivity contribution in [1.29, 1.82) is 0 Å². The first-order valence-electron chi connectivity index (χ1n) is 31.4. The van der Waals surface area contributed by atoms with Gasteiger partial charge in [0.15, 0.2) is 23.0 Å². The molecule has 88 heavy (non-hydrogen) atoms. The Kier molecular flexibility index (Phi) is 15.7. The Bertz CT molecular complexity index is 3720. The van der Waals surface area contributed by atoms with E-state index in [4.69, 9.17) is 33.7 Å². The maximum atomic E-state index is 15.0. The average molecular weight is 1220 g/mol. The van der Waals surface area contributed by atoms with Gasteiger partial charge in [0.25, 0.3) is 21.6 Å². The van der Waals surface area contributed by atoms with Gasteiger partial charge in [-0.1, -0.05) is 24.3 Å². The zero-order valence-electron chi connectivity index (χ0n) is 50.3. The fourth-order valence-electron chi connectivity index (χ4n) is 15.4. The average Bonchev–Trinajstić information content (AvgIpc) is 2.04. The first kappa shape index (κ1) is 58.4. The van der Waals surface area contributed by atoms with Crippen LogP contribution in [0, 0.1) is 28.4 Å². The van der Waals surface area contributed by atoms with Crippen LogP contribution in [0.3, 0.4) is 0 Å².